The highest BCUT2D eigenvalue weighted by Crippen LogP contribution is 2.46. The molecule has 0 amide bonds. The second-order valence-electron chi connectivity index (χ2n) is 3.87. The number of phenols is 1. The Morgan fingerprint density at radius 1 is 1.00 bits per heavy atom. The molecular formula is C13H13O4P. The Morgan fingerprint density at radius 3 is 2.22 bits per heavy atom. The molecule has 0 aliphatic carbocycles. The molecule has 0 spiro atoms. The van der Waals surface area contributed by atoms with Gasteiger partial charge in [-0.1, -0.05) is 30.3 Å². The van der Waals surface area contributed by atoms with Crippen LogP contribution in [0.4, 0.5) is 0 Å². The van der Waals surface area contributed by atoms with Crippen molar-refractivity contribution in [3.63, 3.8) is 0 Å². The summed E-state index contributed by atoms with van der Waals surface area (Å²) in [6.45, 7) is 0. The zero-order valence-corrected chi connectivity index (χ0v) is 10.5. The normalized spacial score (nSPS) is 13.8. The molecule has 0 radical (unpaired) electrons. The molecule has 2 rings (SSSR count). The monoisotopic (exact) mass is 264 g/mol. The molecule has 0 saturated carbocycles. The van der Waals surface area contributed by atoms with Crippen molar-refractivity contribution < 1.29 is 19.1 Å². The third-order valence-corrected chi connectivity index (χ3v) is 3.57. The first kappa shape index (κ1) is 12.7. The van der Waals surface area contributed by atoms with Crippen molar-refractivity contribution in [2.75, 3.05) is 0 Å². The van der Waals surface area contributed by atoms with Gasteiger partial charge in [-0.15, -0.1) is 0 Å². The van der Waals surface area contributed by atoms with Gasteiger partial charge in [0, 0.05) is 0 Å². The Bertz CT molecular complexity index is 551. The lowest BCUT2D eigenvalue weighted by molar-refractivity contribution is 0.377. The second-order valence-corrected chi connectivity index (χ2v) is 5.64. The molecule has 2 aromatic rings. The van der Waals surface area contributed by atoms with Crippen LogP contribution >= 0.6 is 7.60 Å². The first-order chi connectivity index (χ1) is 8.55. The Labute approximate surface area is 105 Å². The SMILES string of the molecule is O=P(O)(Cc1ccccc1)Oc1ccc(O)cc1. The van der Waals surface area contributed by atoms with Crippen molar-refractivity contribution in [1.82, 2.24) is 0 Å². The van der Waals surface area contributed by atoms with Crippen LogP contribution in [0.1, 0.15) is 5.56 Å². The summed E-state index contributed by atoms with van der Waals surface area (Å²) < 4.78 is 17.0. The van der Waals surface area contributed by atoms with Gasteiger partial charge >= 0.3 is 7.60 Å². The first-order valence-electron chi connectivity index (χ1n) is 5.39. The quantitative estimate of drug-likeness (QED) is 0.832. The molecule has 0 heterocycles. The molecule has 4 nitrogen and oxygen atoms in total. The highest BCUT2D eigenvalue weighted by atomic mass is 31.2. The van der Waals surface area contributed by atoms with Gasteiger partial charge in [-0.2, -0.15) is 0 Å². The van der Waals surface area contributed by atoms with Crippen LogP contribution in [-0.2, 0) is 10.7 Å². The number of phenolic OH excluding ortho intramolecular Hbond substituents is 1. The van der Waals surface area contributed by atoms with Gasteiger partial charge in [-0.3, -0.25) is 0 Å². The van der Waals surface area contributed by atoms with Crippen molar-refractivity contribution in [1.29, 1.82) is 0 Å². The summed E-state index contributed by atoms with van der Waals surface area (Å²) >= 11 is 0. The van der Waals surface area contributed by atoms with Gasteiger partial charge in [0.15, 0.2) is 0 Å². The van der Waals surface area contributed by atoms with E-state index in [-0.39, 0.29) is 17.7 Å². The lowest BCUT2D eigenvalue weighted by atomic mass is 10.2. The molecule has 1 atom stereocenters. The van der Waals surface area contributed by atoms with Gasteiger partial charge in [0.25, 0.3) is 0 Å². The molecule has 0 aliphatic heterocycles. The summed E-state index contributed by atoms with van der Waals surface area (Å²) in [4.78, 5) is 9.76. The fourth-order valence-corrected chi connectivity index (χ4v) is 2.71. The lowest BCUT2D eigenvalue weighted by Gasteiger charge is -2.13. The summed E-state index contributed by atoms with van der Waals surface area (Å²) in [5, 5.41) is 9.10. The molecule has 0 aromatic heterocycles. The molecule has 0 fully saturated rings. The number of hydrogen-bond acceptors (Lipinski definition) is 3. The minimum atomic E-state index is -3.73. The van der Waals surface area contributed by atoms with Crippen molar-refractivity contribution in [2.24, 2.45) is 0 Å². The van der Waals surface area contributed by atoms with E-state index in [2.05, 4.69) is 0 Å². The number of rotatable bonds is 4. The number of benzene rings is 2. The highest BCUT2D eigenvalue weighted by molar-refractivity contribution is 7.52. The fourth-order valence-electron chi connectivity index (χ4n) is 1.52. The Morgan fingerprint density at radius 2 is 1.61 bits per heavy atom. The molecule has 5 heteroatoms. The van der Waals surface area contributed by atoms with Crippen LogP contribution in [0.15, 0.2) is 54.6 Å². The van der Waals surface area contributed by atoms with Crippen LogP contribution in [0.25, 0.3) is 0 Å². The molecule has 94 valence electrons. The molecule has 0 saturated heterocycles. The van der Waals surface area contributed by atoms with Crippen LogP contribution in [0, 0.1) is 0 Å². The first-order valence-corrected chi connectivity index (χ1v) is 7.16. The Hall–Kier alpha value is -1.77. The van der Waals surface area contributed by atoms with E-state index in [0.717, 1.165) is 5.56 Å². The minimum Gasteiger partial charge on any atom is -0.508 e. The van der Waals surface area contributed by atoms with Gasteiger partial charge in [0.05, 0.1) is 6.16 Å². The second kappa shape index (κ2) is 5.25. The van der Waals surface area contributed by atoms with Gasteiger partial charge in [-0.25, -0.2) is 4.57 Å². The average Bonchev–Trinajstić information content (AvgIpc) is 2.32. The maximum absolute atomic E-state index is 11.9. The van der Waals surface area contributed by atoms with Crippen molar-refractivity contribution in [3.8, 4) is 11.5 Å². The van der Waals surface area contributed by atoms with E-state index in [1.165, 1.54) is 24.3 Å². The molecular weight excluding hydrogens is 251 g/mol. The van der Waals surface area contributed by atoms with Crippen molar-refractivity contribution >= 4 is 7.60 Å². The highest BCUT2D eigenvalue weighted by Gasteiger charge is 2.21. The molecule has 2 aromatic carbocycles. The van der Waals surface area contributed by atoms with Crippen molar-refractivity contribution in [3.05, 3.63) is 60.2 Å². The third kappa shape index (κ3) is 3.62. The van der Waals surface area contributed by atoms with E-state index in [1.54, 1.807) is 24.3 Å². The smallest absolute Gasteiger partial charge is 0.380 e. The molecule has 0 aliphatic rings. The third-order valence-electron chi connectivity index (χ3n) is 2.31. The van der Waals surface area contributed by atoms with Gasteiger partial charge < -0.3 is 14.5 Å². The molecule has 2 N–H and O–H groups in total. The van der Waals surface area contributed by atoms with Crippen molar-refractivity contribution in [2.45, 2.75) is 6.16 Å². The number of hydrogen-bond donors (Lipinski definition) is 2. The van der Waals surface area contributed by atoms with Crippen LogP contribution < -0.4 is 4.52 Å². The van der Waals surface area contributed by atoms with Gasteiger partial charge in [0.2, 0.25) is 0 Å². The number of aromatic hydroxyl groups is 1. The Balaban J connectivity index is 2.08. The van der Waals surface area contributed by atoms with E-state index in [4.69, 9.17) is 9.63 Å². The maximum Gasteiger partial charge on any atom is 0.380 e. The predicted octanol–water partition coefficient (Wildman–Crippen LogP) is 3.16. The van der Waals surface area contributed by atoms with Gasteiger partial charge in [0.1, 0.15) is 11.5 Å². The largest absolute Gasteiger partial charge is 0.508 e. The van der Waals surface area contributed by atoms with E-state index < -0.39 is 7.60 Å². The zero-order chi connectivity index (χ0) is 13.0. The fraction of sp³-hybridized carbons (Fsp3) is 0.0769. The lowest BCUT2D eigenvalue weighted by Crippen LogP contribution is -1.95. The topological polar surface area (TPSA) is 66.8 Å². The van der Waals surface area contributed by atoms with Crippen LogP contribution in [0.3, 0.4) is 0 Å². The van der Waals surface area contributed by atoms with Gasteiger partial charge in [-0.05, 0) is 29.8 Å². The molecule has 1 unspecified atom stereocenters. The molecule has 18 heavy (non-hydrogen) atoms. The predicted molar refractivity (Wildman–Crippen MR) is 68.7 cm³/mol. The van der Waals surface area contributed by atoms with E-state index in [9.17, 15) is 9.46 Å². The summed E-state index contributed by atoms with van der Waals surface area (Å²) in [5.74, 6) is 0.341. The Kier molecular flexibility index (Phi) is 3.70. The maximum atomic E-state index is 11.9. The average molecular weight is 264 g/mol. The van der Waals surface area contributed by atoms with E-state index in [1.807, 2.05) is 6.07 Å². The summed E-state index contributed by atoms with van der Waals surface area (Å²) in [6, 6.07) is 14.7. The minimum absolute atomic E-state index is 0.0469. The zero-order valence-electron chi connectivity index (χ0n) is 9.56. The standard InChI is InChI=1S/C13H13O4P/c14-12-6-8-13(9-7-12)17-18(15,16)10-11-4-2-1-3-5-11/h1-9,14H,10H2,(H,15,16). The summed E-state index contributed by atoms with van der Waals surface area (Å²) in [6.07, 6.45) is -0.0469. The molecule has 0 bridgehead atoms. The van der Waals surface area contributed by atoms with E-state index >= 15 is 0 Å². The summed E-state index contributed by atoms with van der Waals surface area (Å²) in [7, 11) is -3.73. The van der Waals surface area contributed by atoms with Crippen LogP contribution in [0.5, 0.6) is 11.5 Å². The summed E-state index contributed by atoms with van der Waals surface area (Å²) in [5.41, 5.74) is 0.738. The van der Waals surface area contributed by atoms with E-state index in [0.29, 0.717) is 0 Å². The van der Waals surface area contributed by atoms with Crippen LogP contribution in [0.2, 0.25) is 0 Å². The van der Waals surface area contributed by atoms with Crippen LogP contribution in [-0.4, -0.2) is 10.00 Å².